The molecule has 1 aromatic rings. The minimum absolute atomic E-state index is 0.160. The van der Waals surface area contributed by atoms with Gasteiger partial charge >= 0.3 is 0 Å². The van der Waals surface area contributed by atoms with Gasteiger partial charge in [-0.2, -0.15) is 0 Å². The van der Waals surface area contributed by atoms with Crippen LogP contribution in [0.5, 0.6) is 11.5 Å². The Kier molecular flexibility index (Phi) is 4.74. The zero-order valence-corrected chi connectivity index (χ0v) is 17.3. The van der Waals surface area contributed by atoms with E-state index in [1.165, 1.54) is 11.1 Å². The van der Waals surface area contributed by atoms with Crippen LogP contribution in [-0.2, 0) is 11.8 Å². The lowest BCUT2D eigenvalue weighted by Crippen LogP contribution is -2.64. The number of piperidine rings is 1. The van der Waals surface area contributed by atoms with Gasteiger partial charge in [0.2, 0.25) is 0 Å². The third-order valence-corrected chi connectivity index (χ3v) is 6.92. The number of likely N-dealkylation sites (N-methyl/N-ethyl adjacent to an activating group) is 2. The Morgan fingerprint density at radius 3 is 2.64 bits per heavy atom. The summed E-state index contributed by atoms with van der Waals surface area (Å²) in [6, 6.07) is 4.23. The van der Waals surface area contributed by atoms with Crippen LogP contribution in [0.15, 0.2) is 24.3 Å². The summed E-state index contributed by atoms with van der Waals surface area (Å²) in [5.41, 5.74) is 2.29. The predicted molar refractivity (Wildman–Crippen MR) is 108 cm³/mol. The molecule has 0 saturated carbocycles. The van der Waals surface area contributed by atoms with E-state index >= 15 is 0 Å². The van der Waals surface area contributed by atoms with E-state index in [1.807, 2.05) is 12.1 Å². The molecule has 2 heterocycles. The number of nitrogens with zero attached hydrogens (tertiary/aromatic N) is 2. The summed E-state index contributed by atoms with van der Waals surface area (Å²) in [6.07, 6.45) is 5.18. The molecular weight excluding hydrogens is 356 g/mol. The second-order valence-corrected chi connectivity index (χ2v) is 9.67. The molecule has 1 saturated heterocycles. The topological polar surface area (TPSA) is 73.2 Å². The highest BCUT2D eigenvalue weighted by Gasteiger charge is 2.64. The Hall–Kier alpha value is -1.60. The van der Waals surface area contributed by atoms with Crippen molar-refractivity contribution in [1.29, 1.82) is 0 Å². The number of aliphatic hydroxyl groups excluding tert-OH is 2. The van der Waals surface area contributed by atoms with Crippen LogP contribution in [0.3, 0.4) is 0 Å². The molecule has 6 heteroatoms. The maximum atomic E-state index is 10.4. The molecular formula is C22H33N2O4+. The van der Waals surface area contributed by atoms with Gasteiger partial charge in [0.15, 0.2) is 11.5 Å². The first-order valence-corrected chi connectivity index (χ1v) is 10.2. The third-order valence-electron chi connectivity index (χ3n) is 6.92. The quantitative estimate of drug-likeness (QED) is 0.517. The average Bonchev–Trinajstić information content (AvgIpc) is 2.97. The number of phenols is 1. The largest absolute Gasteiger partial charge is 0.504 e. The molecule has 28 heavy (non-hydrogen) atoms. The Bertz CT molecular complexity index is 787. The lowest BCUT2D eigenvalue weighted by atomic mass is 9.53. The van der Waals surface area contributed by atoms with E-state index < -0.39 is 6.10 Å². The van der Waals surface area contributed by atoms with Gasteiger partial charge in [-0.05, 0) is 38.1 Å². The molecule has 6 nitrogen and oxygen atoms in total. The van der Waals surface area contributed by atoms with Gasteiger partial charge in [-0.25, -0.2) is 0 Å². The molecule has 2 aliphatic carbocycles. The number of phenolic OH excluding ortho intramolecular Hbond substituents is 1. The van der Waals surface area contributed by atoms with Gasteiger partial charge in [0.1, 0.15) is 18.8 Å². The van der Waals surface area contributed by atoms with Gasteiger partial charge in [-0.15, -0.1) is 0 Å². The van der Waals surface area contributed by atoms with Crippen LogP contribution in [0.2, 0.25) is 0 Å². The van der Waals surface area contributed by atoms with Crippen molar-refractivity contribution < 1.29 is 24.5 Å². The maximum Gasteiger partial charge on any atom is 0.165 e. The summed E-state index contributed by atoms with van der Waals surface area (Å²) in [7, 11) is 8.34. The van der Waals surface area contributed by atoms with Gasteiger partial charge in [0.25, 0.3) is 0 Å². The third kappa shape index (κ3) is 2.86. The SMILES string of the molecule is CN1CC[C@]23c4c5ccc(O)c4O[C@H]2[C@@H](O)C=C[C@H]3[C@H]1C5.C[N+](C)(C)CCO. The molecule has 4 aliphatic rings. The number of ether oxygens (including phenoxy) is 1. The molecule has 0 aromatic heterocycles. The molecule has 154 valence electrons. The fraction of sp³-hybridized carbons (Fsp3) is 0.636. The number of aliphatic hydroxyl groups is 2. The molecule has 2 aliphatic heterocycles. The lowest BCUT2D eigenvalue weighted by Gasteiger charge is -2.56. The van der Waals surface area contributed by atoms with Crippen molar-refractivity contribution in [2.45, 2.75) is 36.5 Å². The number of quaternary nitrogens is 1. The molecule has 3 N–H and O–H groups in total. The first kappa shape index (κ1) is 19.7. The van der Waals surface area contributed by atoms with Crippen molar-refractivity contribution >= 4 is 0 Å². The number of rotatable bonds is 2. The first-order valence-electron chi connectivity index (χ1n) is 10.2. The second-order valence-electron chi connectivity index (χ2n) is 9.67. The van der Waals surface area contributed by atoms with E-state index in [-0.39, 0.29) is 23.9 Å². The van der Waals surface area contributed by atoms with Crippen molar-refractivity contribution in [2.24, 2.45) is 5.92 Å². The summed E-state index contributed by atoms with van der Waals surface area (Å²) in [5.74, 6) is 1.19. The Morgan fingerprint density at radius 1 is 1.25 bits per heavy atom. The van der Waals surface area contributed by atoms with Crippen LogP contribution in [-0.4, -0.2) is 90.8 Å². The standard InChI is InChI=1S/C17H19NO3.C5H14NO/c1-18-7-6-17-10-3-5-13(20)16(17)21-15-12(19)4-2-9(14(15)17)8-11(10)18;1-6(2,3)4-5-7/h2-5,10-11,13,16,19-20H,6-8H2,1H3;7H,4-5H2,1-3H3/q;+1/t10-,11+,13-,16-,17-;/m0./s1. The van der Waals surface area contributed by atoms with Gasteiger partial charge in [-0.3, -0.25) is 0 Å². The van der Waals surface area contributed by atoms with Crippen LogP contribution in [0.4, 0.5) is 0 Å². The van der Waals surface area contributed by atoms with Crippen molar-refractivity contribution in [1.82, 2.24) is 4.90 Å². The van der Waals surface area contributed by atoms with E-state index in [2.05, 4.69) is 39.2 Å². The summed E-state index contributed by atoms with van der Waals surface area (Å²) in [5, 5.41) is 29.0. The molecule has 0 unspecified atom stereocenters. The summed E-state index contributed by atoms with van der Waals surface area (Å²) in [6.45, 7) is 2.12. The van der Waals surface area contributed by atoms with E-state index in [0.717, 1.165) is 30.4 Å². The van der Waals surface area contributed by atoms with Crippen LogP contribution in [0.25, 0.3) is 0 Å². The van der Waals surface area contributed by atoms with Crippen molar-refractivity contribution in [3.8, 4) is 11.5 Å². The molecule has 2 bridgehead atoms. The van der Waals surface area contributed by atoms with Crippen molar-refractivity contribution in [3.63, 3.8) is 0 Å². The zero-order valence-electron chi connectivity index (χ0n) is 17.3. The van der Waals surface area contributed by atoms with E-state index in [4.69, 9.17) is 9.84 Å². The molecule has 0 radical (unpaired) electrons. The first-order chi connectivity index (χ1) is 13.2. The molecule has 1 aromatic carbocycles. The highest BCUT2D eigenvalue weighted by Crippen LogP contribution is 2.62. The van der Waals surface area contributed by atoms with Crippen molar-refractivity contribution in [2.75, 3.05) is 47.9 Å². The number of hydrogen-bond donors (Lipinski definition) is 3. The highest BCUT2D eigenvalue weighted by molar-refractivity contribution is 5.61. The van der Waals surface area contributed by atoms with Crippen LogP contribution >= 0.6 is 0 Å². The predicted octanol–water partition coefficient (Wildman–Crippen LogP) is 0.883. The van der Waals surface area contributed by atoms with Gasteiger partial charge in [-0.1, -0.05) is 18.2 Å². The molecule has 5 atom stereocenters. The number of likely N-dealkylation sites (tertiary alicyclic amines) is 1. The summed E-state index contributed by atoms with van der Waals surface area (Å²) >= 11 is 0. The number of hydrogen-bond acceptors (Lipinski definition) is 5. The van der Waals surface area contributed by atoms with E-state index in [9.17, 15) is 10.2 Å². The highest BCUT2D eigenvalue weighted by atomic mass is 16.5. The van der Waals surface area contributed by atoms with Gasteiger partial charge < -0.3 is 29.4 Å². The minimum atomic E-state index is -0.594. The molecule has 5 rings (SSSR count). The Labute approximate surface area is 167 Å². The zero-order chi connectivity index (χ0) is 20.3. The Balaban J connectivity index is 0.000000239. The molecule has 1 spiro atoms. The van der Waals surface area contributed by atoms with Crippen LogP contribution in [0.1, 0.15) is 17.5 Å². The van der Waals surface area contributed by atoms with E-state index in [0.29, 0.717) is 17.7 Å². The Morgan fingerprint density at radius 2 is 2.00 bits per heavy atom. The van der Waals surface area contributed by atoms with Gasteiger partial charge in [0, 0.05) is 22.9 Å². The number of aromatic hydroxyl groups is 1. The smallest absolute Gasteiger partial charge is 0.165 e. The lowest BCUT2D eigenvalue weighted by molar-refractivity contribution is -0.870. The summed E-state index contributed by atoms with van der Waals surface area (Å²) in [4.78, 5) is 2.43. The normalized spacial score (nSPS) is 34.9. The minimum Gasteiger partial charge on any atom is -0.504 e. The maximum absolute atomic E-state index is 10.4. The second kappa shape index (κ2) is 6.73. The molecule has 1 fully saturated rings. The summed E-state index contributed by atoms with van der Waals surface area (Å²) < 4.78 is 6.93. The monoisotopic (exact) mass is 389 g/mol. The van der Waals surface area contributed by atoms with Crippen molar-refractivity contribution in [3.05, 3.63) is 35.4 Å². The van der Waals surface area contributed by atoms with Gasteiger partial charge in [0.05, 0.1) is 27.7 Å². The van der Waals surface area contributed by atoms with Crippen LogP contribution in [0, 0.1) is 5.92 Å². The fourth-order valence-electron chi connectivity index (χ4n) is 5.54. The number of benzene rings is 1. The van der Waals surface area contributed by atoms with Crippen LogP contribution < -0.4 is 4.74 Å². The van der Waals surface area contributed by atoms with E-state index in [1.54, 1.807) is 6.07 Å². The molecule has 0 amide bonds. The fourth-order valence-corrected chi connectivity index (χ4v) is 5.54. The average molecular weight is 390 g/mol.